The van der Waals surface area contributed by atoms with Crippen molar-refractivity contribution in [3.8, 4) is 0 Å². The van der Waals surface area contributed by atoms with Crippen molar-refractivity contribution in [1.82, 2.24) is 0 Å². The number of aliphatic carboxylic acids is 1. The highest BCUT2D eigenvalue weighted by Crippen LogP contribution is 2.84. The highest BCUT2D eigenvalue weighted by molar-refractivity contribution is 5.86. The SMILES string of the molecule is CO[C@H]1[C@@H](O)[C@H](O)[C@H](OC[C@@]23C[C@@H]4[C@H](C)CC[C@H]4[C@@]4(C=O)C[C@H]2CC(C(C)C)[C@@]34C(=O)O)O[C@@H]1C. The Labute approximate surface area is 207 Å². The van der Waals surface area contributed by atoms with E-state index < -0.39 is 52.9 Å². The molecule has 35 heavy (non-hydrogen) atoms. The first kappa shape index (κ1) is 25.6. The van der Waals surface area contributed by atoms with Crippen molar-refractivity contribution in [2.45, 2.75) is 90.5 Å². The van der Waals surface area contributed by atoms with Crippen molar-refractivity contribution in [3.63, 3.8) is 0 Å². The molecule has 3 N–H and O–H groups in total. The van der Waals surface area contributed by atoms with Crippen molar-refractivity contribution in [2.75, 3.05) is 13.7 Å². The van der Waals surface area contributed by atoms with Crippen LogP contribution < -0.4 is 0 Å². The van der Waals surface area contributed by atoms with E-state index >= 15 is 0 Å². The van der Waals surface area contributed by atoms with Gasteiger partial charge in [-0.05, 0) is 68.1 Å². The smallest absolute Gasteiger partial charge is 0.311 e. The Morgan fingerprint density at radius 3 is 2.49 bits per heavy atom. The third-order valence-corrected chi connectivity index (χ3v) is 11.3. The van der Waals surface area contributed by atoms with Crippen LogP contribution in [0.4, 0.5) is 0 Å². The molecule has 1 heterocycles. The van der Waals surface area contributed by atoms with Gasteiger partial charge in [0, 0.05) is 17.9 Å². The second kappa shape index (κ2) is 8.48. The molecule has 0 aromatic carbocycles. The number of ether oxygens (including phenoxy) is 3. The largest absolute Gasteiger partial charge is 0.481 e. The second-order valence-corrected chi connectivity index (χ2v) is 12.6. The van der Waals surface area contributed by atoms with Crippen LogP contribution in [0.2, 0.25) is 0 Å². The van der Waals surface area contributed by atoms with Gasteiger partial charge in [-0.1, -0.05) is 27.2 Å². The maximum absolute atomic E-state index is 13.5. The summed E-state index contributed by atoms with van der Waals surface area (Å²) >= 11 is 0. The number of carboxylic acid groups (broad SMARTS) is 1. The first-order valence-electron chi connectivity index (χ1n) is 13.4. The second-order valence-electron chi connectivity index (χ2n) is 12.6. The zero-order chi connectivity index (χ0) is 25.5. The molecule has 1 unspecified atom stereocenters. The van der Waals surface area contributed by atoms with Crippen LogP contribution in [0.1, 0.15) is 59.8 Å². The third-order valence-electron chi connectivity index (χ3n) is 11.3. The molecular formula is C27H42O8. The molecule has 198 valence electrons. The number of aliphatic hydroxyl groups excluding tert-OH is 2. The summed E-state index contributed by atoms with van der Waals surface area (Å²) in [5.41, 5.74) is -2.82. The Morgan fingerprint density at radius 1 is 1.17 bits per heavy atom. The summed E-state index contributed by atoms with van der Waals surface area (Å²) < 4.78 is 17.5. The van der Waals surface area contributed by atoms with E-state index in [9.17, 15) is 24.9 Å². The van der Waals surface area contributed by atoms with Crippen LogP contribution in [0.25, 0.3) is 0 Å². The van der Waals surface area contributed by atoms with E-state index in [0.29, 0.717) is 12.3 Å². The van der Waals surface area contributed by atoms with E-state index in [1.807, 2.05) is 0 Å². The zero-order valence-corrected chi connectivity index (χ0v) is 21.6. The molecule has 8 heteroatoms. The summed E-state index contributed by atoms with van der Waals surface area (Å²) in [4.78, 5) is 26.6. The number of hydrogen-bond donors (Lipinski definition) is 3. The van der Waals surface area contributed by atoms with E-state index in [1.165, 1.54) is 7.11 Å². The Kier molecular flexibility index (Phi) is 6.20. The minimum Gasteiger partial charge on any atom is -0.481 e. The van der Waals surface area contributed by atoms with Crippen LogP contribution in [0.5, 0.6) is 0 Å². The van der Waals surface area contributed by atoms with Gasteiger partial charge in [-0.2, -0.15) is 0 Å². The Balaban J connectivity index is 1.56. The molecule has 4 bridgehead atoms. The van der Waals surface area contributed by atoms with Crippen molar-refractivity contribution < 1.29 is 39.1 Å². The van der Waals surface area contributed by atoms with E-state index in [2.05, 4.69) is 20.8 Å². The summed E-state index contributed by atoms with van der Waals surface area (Å²) in [5, 5.41) is 32.4. The van der Waals surface area contributed by atoms with Crippen molar-refractivity contribution >= 4 is 12.3 Å². The van der Waals surface area contributed by atoms with Gasteiger partial charge in [0.05, 0.1) is 18.1 Å². The van der Waals surface area contributed by atoms with Crippen LogP contribution in [0.3, 0.4) is 0 Å². The number of hydrogen-bond acceptors (Lipinski definition) is 7. The number of aliphatic hydroxyl groups is 2. The molecule has 5 aliphatic rings. The summed E-state index contributed by atoms with van der Waals surface area (Å²) in [6, 6.07) is 0. The van der Waals surface area contributed by atoms with Crippen molar-refractivity contribution in [3.05, 3.63) is 0 Å². The van der Waals surface area contributed by atoms with E-state index in [1.54, 1.807) is 6.92 Å². The zero-order valence-electron chi connectivity index (χ0n) is 21.6. The number of rotatable bonds is 7. The maximum atomic E-state index is 13.5. The Bertz CT molecular complexity index is 862. The predicted octanol–water partition coefficient (Wildman–Crippen LogP) is 2.49. The molecular weight excluding hydrogens is 452 g/mol. The summed E-state index contributed by atoms with van der Waals surface area (Å²) in [5.74, 6) is -0.0130. The van der Waals surface area contributed by atoms with Crippen LogP contribution in [-0.2, 0) is 23.8 Å². The molecule has 0 spiro atoms. The topological polar surface area (TPSA) is 123 Å². The Hall–Kier alpha value is -1.06. The number of methoxy groups -OCH3 is 1. The first-order chi connectivity index (χ1) is 16.5. The van der Waals surface area contributed by atoms with Gasteiger partial charge >= 0.3 is 5.97 Å². The van der Waals surface area contributed by atoms with Gasteiger partial charge in [-0.3, -0.25) is 4.79 Å². The Morgan fingerprint density at radius 2 is 1.89 bits per heavy atom. The normalized spacial score (nSPS) is 54.7. The molecule has 5 rings (SSSR count). The van der Waals surface area contributed by atoms with E-state index in [-0.39, 0.29) is 36.2 Å². The molecule has 1 aliphatic heterocycles. The number of carboxylic acids is 1. The van der Waals surface area contributed by atoms with E-state index in [0.717, 1.165) is 32.0 Å². The number of aldehydes is 1. The summed E-state index contributed by atoms with van der Waals surface area (Å²) in [6.07, 6.45) is 0.273. The van der Waals surface area contributed by atoms with Crippen LogP contribution in [0.15, 0.2) is 0 Å². The quantitative estimate of drug-likeness (QED) is 0.462. The van der Waals surface area contributed by atoms with Gasteiger partial charge in [0.1, 0.15) is 24.6 Å². The fraction of sp³-hybridized carbons (Fsp3) is 0.926. The monoisotopic (exact) mass is 494 g/mol. The van der Waals surface area contributed by atoms with Crippen molar-refractivity contribution in [1.29, 1.82) is 0 Å². The lowest BCUT2D eigenvalue weighted by atomic mass is 9.42. The van der Waals surface area contributed by atoms with Gasteiger partial charge in [-0.25, -0.2) is 0 Å². The summed E-state index contributed by atoms with van der Waals surface area (Å²) in [6.45, 7) is 8.23. The van der Waals surface area contributed by atoms with Gasteiger partial charge in [0.2, 0.25) is 0 Å². The molecule has 0 radical (unpaired) electrons. The average Bonchev–Trinajstić information content (AvgIpc) is 3.38. The molecule has 5 fully saturated rings. The number of fused-ring (bicyclic) bond motifs is 2. The molecule has 8 nitrogen and oxygen atoms in total. The van der Waals surface area contributed by atoms with Gasteiger partial charge < -0.3 is 34.3 Å². The number of carbonyl (C=O) groups is 2. The first-order valence-corrected chi connectivity index (χ1v) is 13.4. The minimum atomic E-state index is -1.31. The minimum absolute atomic E-state index is 0.0591. The van der Waals surface area contributed by atoms with Crippen LogP contribution in [0, 0.1) is 51.8 Å². The fourth-order valence-electron chi connectivity index (χ4n) is 10.1. The summed E-state index contributed by atoms with van der Waals surface area (Å²) in [7, 11) is 1.46. The molecule has 0 amide bonds. The van der Waals surface area contributed by atoms with Gasteiger partial charge in [0.25, 0.3) is 0 Å². The van der Waals surface area contributed by atoms with Crippen LogP contribution in [-0.4, -0.2) is 72.0 Å². The van der Waals surface area contributed by atoms with Crippen molar-refractivity contribution in [2.24, 2.45) is 51.8 Å². The molecule has 1 saturated heterocycles. The lowest BCUT2D eigenvalue weighted by Gasteiger charge is -2.59. The highest BCUT2D eigenvalue weighted by atomic mass is 16.7. The lowest BCUT2D eigenvalue weighted by molar-refractivity contribution is -0.308. The lowest BCUT2D eigenvalue weighted by Crippen LogP contribution is -2.65. The molecule has 0 aromatic heterocycles. The molecule has 4 aliphatic carbocycles. The molecule has 4 saturated carbocycles. The third kappa shape index (κ3) is 2.98. The maximum Gasteiger partial charge on any atom is 0.311 e. The fourth-order valence-corrected chi connectivity index (χ4v) is 10.1. The van der Waals surface area contributed by atoms with Gasteiger partial charge in [0.15, 0.2) is 6.29 Å². The molecule has 13 atom stereocenters. The standard InChI is InChI=1S/C27H42O8/c1-13(2)19-8-16-9-25(11-28)18-7-6-14(3)17(18)10-26(16,27(19,25)24(31)32)12-34-23-21(30)20(29)22(33-5)15(4)35-23/h11,13-23,29-30H,6-10,12H2,1-5H3,(H,31,32)/t14-,15-,16-,17-,18-,19?,20+,21+,22-,23-,25+,26+,27+/m1/s1. The van der Waals surface area contributed by atoms with Crippen LogP contribution >= 0.6 is 0 Å². The van der Waals surface area contributed by atoms with Gasteiger partial charge in [-0.15, -0.1) is 0 Å². The predicted molar refractivity (Wildman–Crippen MR) is 125 cm³/mol. The van der Waals surface area contributed by atoms with E-state index in [4.69, 9.17) is 14.2 Å². The molecule has 0 aromatic rings. The average molecular weight is 495 g/mol. The highest BCUT2D eigenvalue weighted by Gasteiger charge is 2.86. The number of carbonyl (C=O) groups excluding carboxylic acids is 1.